The maximum absolute atomic E-state index is 13.3. The van der Waals surface area contributed by atoms with Crippen molar-refractivity contribution in [2.75, 3.05) is 33.2 Å². The molecule has 204 valence electrons. The van der Waals surface area contributed by atoms with Gasteiger partial charge in [-0.25, -0.2) is 0 Å². The number of ether oxygens (including phenoxy) is 3. The van der Waals surface area contributed by atoms with Crippen LogP contribution in [0.5, 0.6) is 17.2 Å². The molecule has 0 saturated heterocycles. The van der Waals surface area contributed by atoms with Crippen LogP contribution in [0.3, 0.4) is 0 Å². The van der Waals surface area contributed by atoms with E-state index in [2.05, 4.69) is 16.0 Å². The minimum Gasteiger partial charge on any atom is -0.493 e. The van der Waals surface area contributed by atoms with Gasteiger partial charge in [-0.05, 0) is 53.3 Å². The maximum atomic E-state index is 13.3. The molecule has 0 unspecified atom stereocenters. The molecule has 3 N–H and O–H groups in total. The molecule has 0 bridgehead atoms. The average molecular weight is 532 g/mol. The second-order valence-electron chi connectivity index (χ2n) is 9.21. The van der Waals surface area contributed by atoms with E-state index < -0.39 is 6.04 Å². The molecule has 39 heavy (non-hydrogen) atoms. The SMILES string of the molecule is COc1cc2c(c(OC)c1OC)-c1ccc(NCC(=O)NCc3ccccc3)c(=O)cc1[C@@H](NC(C)=O)CC2. The van der Waals surface area contributed by atoms with E-state index in [1.54, 1.807) is 20.3 Å². The molecule has 0 aromatic heterocycles. The van der Waals surface area contributed by atoms with Crippen LogP contribution in [0.15, 0.2) is 59.4 Å². The molecule has 0 fully saturated rings. The third-order valence-electron chi connectivity index (χ3n) is 6.69. The molecular weight excluding hydrogens is 498 g/mol. The normalized spacial score (nSPS) is 13.7. The Balaban J connectivity index is 1.73. The second-order valence-corrected chi connectivity index (χ2v) is 9.21. The van der Waals surface area contributed by atoms with Crippen LogP contribution in [0.2, 0.25) is 0 Å². The van der Waals surface area contributed by atoms with Gasteiger partial charge in [0.1, 0.15) is 0 Å². The minimum absolute atomic E-state index is 0.0726. The largest absolute Gasteiger partial charge is 0.493 e. The number of rotatable bonds is 9. The van der Waals surface area contributed by atoms with Gasteiger partial charge >= 0.3 is 0 Å². The number of carbonyl (C=O) groups is 2. The standard InChI is InChI=1S/C30H33N3O6/c1-18(34)33-23-12-10-20-14-26(37-2)29(38-3)30(39-4)28(20)21-11-13-24(25(35)15-22(21)23)31-17-27(36)32-16-19-8-6-5-7-9-19/h5-9,11,13-15,23H,10,12,16-17H2,1-4H3,(H,31,35)(H,32,36)(H,33,34)/t23-/m0/s1. The molecule has 0 saturated carbocycles. The molecule has 1 aliphatic rings. The molecule has 0 aliphatic heterocycles. The van der Waals surface area contributed by atoms with E-state index in [9.17, 15) is 14.4 Å². The molecule has 3 aromatic rings. The molecule has 9 nitrogen and oxygen atoms in total. The average Bonchev–Trinajstić information content (AvgIpc) is 3.18. The number of methoxy groups -OCH3 is 3. The van der Waals surface area contributed by atoms with Gasteiger partial charge < -0.3 is 30.2 Å². The van der Waals surface area contributed by atoms with Gasteiger partial charge in [0, 0.05) is 19.0 Å². The summed E-state index contributed by atoms with van der Waals surface area (Å²) in [5.74, 6) is 0.994. The van der Waals surface area contributed by atoms with Gasteiger partial charge in [-0.15, -0.1) is 0 Å². The van der Waals surface area contributed by atoms with E-state index in [1.807, 2.05) is 42.5 Å². The third kappa shape index (κ3) is 6.14. The lowest BCUT2D eigenvalue weighted by Gasteiger charge is -2.19. The molecule has 9 heteroatoms. The molecule has 3 aromatic carbocycles. The second kappa shape index (κ2) is 12.3. The Morgan fingerprint density at radius 2 is 1.69 bits per heavy atom. The molecule has 4 rings (SSSR count). The van der Waals surface area contributed by atoms with E-state index in [0.717, 1.165) is 22.3 Å². The molecule has 0 heterocycles. The van der Waals surface area contributed by atoms with Crippen molar-refractivity contribution in [3.8, 4) is 28.4 Å². The summed E-state index contributed by atoms with van der Waals surface area (Å²) in [4.78, 5) is 37.9. The smallest absolute Gasteiger partial charge is 0.239 e. The number of hydrogen-bond donors (Lipinski definition) is 3. The Labute approximate surface area is 227 Å². The fourth-order valence-corrected chi connectivity index (χ4v) is 4.89. The number of aryl methyl sites for hydroxylation is 1. The fourth-order valence-electron chi connectivity index (χ4n) is 4.89. The summed E-state index contributed by atoms with van der Waals surface area (Å²) >= 11 is 0. The molecule has 1 atom stereocenters. The van der Waals surface area contributed by atoms with Crippen molar-refractivity contribution in [3.63, 3.8) is 0 Å². The number of benzene rings is 2. The predicted molar refractivity (Wildman–Crippen MR) is 149 cm³/mol. The summed E-state index contributed by atoms with van der Waals surface area (Å²) in [5.41, 5.74) is 4.02. The molecule has 0 radical (unpaired) electrons. The summed E-state index contributed by atoms with van der Waals surface area (Å²) in [5, 5.41) is 8.80. The molecular formula is C30H33N3O6. The van der Waals surface area contributed by atoms with Gasteiger partial charge in [0.2, 0.25) is 23.0 Å². The van der Waals surface area contributed by atoms with Crippen LogP contribution in [-0.4, -0.2) is 39.7 Å². The first kappa shape index (κ1) is 27.5. The summed E-state index contributed by atoms with van der Waals surface area (Å²) < 4.78 is 17.0. The first-order chi connectivity index (χ1) is 18.9. The zero-order chi connectivity index (χ0) is 27.9. The van der Waals surface area contributed by atoms with Crippen LogP contribution in [-0.2, 0) is 22.6 Å². The number of hydrogen-bond acceptors (Lipinski definition) is 7. The number of amides is 2. The third-order valence-corrected chi connectivity index (χ3v) is 6.69. The highest BCUT2D eigenvalue weighted by atomic mass is 16.5. The Morgan fingerprint density at radius 1 is 0.949 bits per heavy atom. The van der Waals surface area contributed by atoms with E-state index >= 15 is 0 Å². The monoisotopic (exact) mass is 531 g/mol. The lowest BCUT2D eigenvalue weighted by Crippen LogP contribution is -2.30. The van der Waals surface area contributed by atoms with Gasteiger partial charge in [-0.2, -0.15) is 0 Å². The van der Waals surface area contributed by atoms with Crippen molar-refractivity contribution >= 4 is 17.5 Å². The highest BCUT2D eigenvalue weighted by molar-refractivity contribution is 5.84. The molecule has 2 amide bonds. The van der Waals surface area contributed by atoms with Crippen molar-refractivity contribution in [1.82, 2.24) is 10.6 Å². The first-order valence-electron chi connectivity index (χ1n) is 12.7. The van der Waals surface area contributed by atoms with E-state index in [4.69, 9.17) is 14.2 Å². The summed E-state index contributed by atoms with van der Waals surface area (Å²) in [6.07, 6.45) is 1.17. The van der Waals surface area contributed by atoms with Crippen molar-refractivity contribution in [2.45, 2.75) is 32.4 Å². The van der Waals surface area contributed by atoms with Crippen LogP contribution in [0, 0.1) is 0 Å². The zero-order valence-corrected chi connectivity index (χ0v) is 22.6. The Hall–Kier alpha value is -4.53. The summed E-state index contributed by atoms with van der Waals surface area (Å²) in [7, 11) is 4.65. The Kier molecular flexibility index (Phi) is 8.70. The predicted octanol–water partition coefficient (Wildman–Crippen LogP) is 3.59. The first-order valence-corrected chi connectivity index (χ1v) is 12.7. The van der Waals surface area contributed by atoms with Crippen LogP contribution in [0.25, 0.3) is 11.1 Å². The number of carbonyl (C=O) groups excluding carboxylic acids is 2. The highest BCUT2D eigenvalue weighted by Crippen LogP contribution is 2.50. The summed E-state index contributed by atoms with van der Waals surface area (Å²) in [6.45, 7) is 1.77. The van der Waals surface area contributed by atoms with Gasteiger partial charge in [0.05, 0.1) is 39.6 Å². The van der Waals surface area contributed by atoms with Gasteiger partial charge in [0.25, 0.3) is 0 Å². The van der Waals surface area contributed by atoms with Crippen LogP contribution in [0.4, 0.5) is 5.69 Å². The van der Waals surface area contributed by atoms with Gasteiger partial charge in [-0.1, -0.05) is 36.4 Å². The zero-order valence-electron chi connectivity index (χ0n) is 22.6. The lowest BCUT2D eigenvalue weighted by atomic mass is 9.95. The minimum atomic E-state index is -0.409. The fraction of sp³-hybridized carbons (Fsp3) is 0.300. The number of nitrogens with one attached hydrogen (secondary N) is 3. The maximum Gasteiger partial charge on any atom is 0.239 e. The molecule has 0 spiro atoms. The van der Waals surface area contributed by atoms with Gasteiger partial charge in [-0.3, -0.25) is 14.4 Å². The van der Waals surface area contributed by atoms with E-state index in [-0.39, 0.29) is 29.5 Å². The highest BCUT2D eigenvalue weighted by Gasteiger charge is 2.29. The van der Waals surface area contributed by atoms with Crippen LogP contribution < -0.4 is 35.6 Å². The number of anilines is 1. The van der Waals surface area contributed by atoms with E-state index in [1.165, 1.54) is 20.1 Å². The number of fused-ring (bicyclic) bond motifs is 3. The van der Waals surface area contributed by atoms with Crippen LogP contribution >= 0.6 is 0 Å². The molecule has 1 aliphatic carbocycles. The summed E-state index contributed by atoms with van der Waals surface area (Å²) in [6, 6.07) is 16.1. The topological polar surface area (TPSA) is 115 Å². The van der Waals surface area contributed by atoms with Gasteiger partial charge in [0.15, 0.2) is 11.5 Å². The quantitative estimate of drug-likeness (QED) is 0.387. The Morgan fingerprint density at radius 3 is 2.36 bits per heavy atom. The Bertz CT molecular complexity index is 1420. The lowest BCUT2D eigenvalue weighted by molar-refractivity contribution is -0.120. The van der Waals surface area contributed by atoms with Crippen molar-refractivity contribution in [1.29, 1.82) is 0 Å². The van der Waals surface area contributed by atoms with Crippen molar-refractivity contribution < 1.29 is 23.8 Å². The van der Waals surface area contributed by atoms with E-state index in [0.29, 0.717) is 42.2 Å². The van der Waals surface area contributed by atoms with Crippen LogP contribution in [0.1, 0.15) is 36.1 Å². The van der Waals surface area contributed by atoms with Crippen molar-refractivity contribution in [3.05, 3.63) is 81.5 Å². The van der Waals surface area contributed by atoms with Crippen molar-refractivity contribution in [2.24, 2.45) is 0 Å².